The molecule has 6 nitrogen and oxygen atoms in total. The Morgan fingerprint density at radius 3 is 2.65 bits per heavy atom. The number of hydrogen-bond donors (Lipinski definition) is 1. The molecule has 26 heavy (non-hydrogen) atoms. The smallest absolute Gasteiger partial charge is 0.224 e. The Kier molecular flexibility index (Phi) is 6.39. The van der Waals surface area contributed by atoms with Crippen LogP contribution in [-0.2, 0) is 11.3 Å². The second-order valence-electron chi connectivity index (χ2n) is 7.41. The Hall–Kier alpha value is -2.21. The van der Waals surface area contributed by atoms with Crippen LogP contribution in [0.3, 0.4) is 0 Å². The number of likely N-dealkylation sites (tertiary alicyclic amines) is 1. The van der Waals surface area contributed by atoms with Gasteiger partial charge in [0.15, 0.2) is 0 Å². The van der Waals surface area contributed by atoms with Crippen molar-refractivity contribution in [3.63, 3.8) is 0 Å². The number of carbonyl (C=O) groups is 1. The number of rotatable bonds is 7. The third kappa shape index (κ3) is 4.91. The lowest BCUT2D eigenvalue weighted by Crippen LogP contribution is -2.43. The molecular weight excluding hydrogens is 326 g/mol. The summed E-state index contributed by atoms with van der Waals surface area (Å²) in [6, 6.07) is 10.7. The van der Waals surface area contributed by atoms with E-state index in [0.29, 0.717) is 13.1 Å². The molecule has 1 aliphatic rings. The molecule has 3 rings (SSSR count). The first-order chi connectivity index (χ1) is 12.6. The Bertz CT molecular complexity index is 665. The summed E-state index contributed by atoms with van der Waals surface area (Å²) in [5.41, 5.74) is 1.27. The normalized spacial score (nSPS) is 18.4. The molecule has 0 saturated carbocycles. The van der Waals surface area contributed by atoms with Crippen LogP contribution in [-0.4, -0.2) is 45.2 Å². The van der Waals surface area contributed by atoms with Crippen LogP contribution in [0.15, 0.2) is 43.0 Å². The van der Waals surface area contributed by atoms with Crippen molar-refractivity contribution in [2.45, 2.75) is 39.3 Å². The molecule has 1 amide bonds. The van der Waals surface area contributed by atoms with Crippen molar-refractivity contribution >= 4 is 5.91 Å². The molecule has 1 fully saturated rings. The first kappa shape index (κ1) is 18.6. The minimum absolute atomic E-state index is 0.0619. The van der Waals surface area contributed by atoms with Crippen molar-refractivity contribution in [1.29, 1.82) is 0 Å². The molecule has 1 aliphatic heterocycles. The van der Waals surface area contributed by atoms with Crippen molar-refractivity contribution in [2.75, 3.05) is 19.6 Å². The number of benzene rings is 1. The Morgan fingerprint density at radius 1 is 1.27 bits per heavy atom. The van der Waals surface area contributed by atoms with E-state index in [1.165, 1.54) is 24.7 Å². The molecule has 0 bridgehead atoms. The van der Waals surface area contributed by atoms with Gasteiger partial charge in [-0.25, -0.2) is 4.98 Å². The van der Waals surface area contributed by atoms with Gasteiger partial charge < -0.3 is 5.32 Å². The SMILES string of the molecule is CC1CCN([C@@H](CNC(=O)[C@H](C)Cn2cncn2)c2ccccc2)CC1. The van der Waals surface area contributed by atoms with Gasteiger partial charge >= 0.3 is 0 Å². The molecule has 140 valence electrons. The van der Waals surface area contributed by atoms with E-state index in [9.17, 15) is 4.79 Å². The van der Waals surface area contributed by atoms with Gasteiger partial charge in [-0.15, -0.1) is 0 Å². The summed E-state index contributed by atoms with van der Waals surface area (Å²) in [6.45, 7) is 7.61. The van der Waals surface area contributed by atoms with Crippen LogP contribution in [0.5, 0.6) is 0 Å². The second-order valence-corrected chi connectivity index (χ2v) is 7.41. The Morgan fingerprint density at radius 2 is 2.00 bits per heavy atom. The van der Waals surface area contributed by atoms with Crippen molar-refractivity contribution in [3.05, 3.63) is 48.5 Å². The van der Waals surface area contributed by atoms with E-state index in [2.05, 4.69) is 51.5 Å². The highest BCUT2D eigenvalue weighted by Crippen LogP contribution is 2.26. The van der Waals surface area contributed by atoms with Crippen molar-refractivity contribution in [1.82, 2.24) is 25.0 Å². The highest BCUT2D eigenvalue weighted by Gasteiger charge is 2.25. The molecule has 2 aromatic rings. The second kappa shape index (κ2) is 8.94. The average Bonchev–Trinajstić information content (AvgIpc) is 3.17. The zero-order valence-corrected chi connectivity index (χ0v) is 15.7. The first-order valence-corrected chi connectivity index (χ1v) is 9.52. The van der Waals surface area contributed by atoms with E-state index < -0.39 is 0 Å². The lowest BCUT2D eigenvalue weighted by molar-refractivity contribution is -0.125. The quantitative estimate of drug-likeness (QED) is 0.829. The van der Waals surface area contributed by atoms with Gasteiger partial charge in [0.05, 0.1) is 18.5 Å². The fraction of sp³-hybridized carbons (Fsp3) is 0.550. The number of nitrogens with one attached hydrogen (secondary N) is 1. The maximum atomic E-state index is 12.5. The number of aromatic nitrogens is 3. The predicted octanol–water partition coefficient (Wildman–Crippen LogP) is 2.50. The fourth-order valence-electron chi connectivity index (χ4n) is 3.54. The van der Waals surface area contributed by atoms with Crippen LogP contribution in [0.2, 0.25) is 0 Å². The molecule has 0 unspecified atom stereocenters. The summed E-state index contributed by atoms with van der Waals surface area (Å²) in [7, 11) is 0. The molecule has 2 atom stereocenters. The molecule has 1 aromatic heterocycles. The number of amides is 1. The van der Waals surface area contributed by atoms with Gasteiger partial charge in [-0.1, -0.05) is 44.2 Å². The highest BCUT2D eigenvalue weighted by molar-refractivity contribution is 5.78. The lowest BCUT2D eigenvalue weighted by atomic mass is 9.95. The lowest BCUT2D eigenvalue weighted by Gasteiger charge is -2.37. The molecule has 0 radical (unpaired) electrons. The van der Waals surface area contributed by atoms with E-state index >= 15 is 0 Å². The molecule has 6 heteroatoms. The van der Waals surface area contributed by atoms with E-state index in [1.54, 1.807) is 11.0 Å². The zero-order valence-electron chi connectivity index (χ0n) is 15.7. The van der Waals surface area contributed by atoms with E-state index in [-0.39, 0.29) is 17.9 Å². The molecule has 2 heterocycles. The Balaban J connectivity index is 1.61. The molecule has 1 saturated heterocycles. The molecule has 0 spiro atoms. The van der Waals surface area contributed by atoms with Gasteiger partial charge in [0.1, 0.15) is 12.7 Å². The van der Waals surface area contributed by atoms with Gasteiger partial charge in [0.2, 0.25) is 5.91 Å². The molecular formula is C20H29N5O. The van der Waals surface area contributed by atoms with Crippen LogP contribution in [0.25, 0.3) is 0 Å². The first-order valence-electron chi connectivity index (χ1n) is 9.52. The van der Waals surface area contributed by atoms with Crippen molar-refractivity contribution in [2.24, 2.45) is 11.8 Å². The summed E-state index contributed by atoms with van der Waals surface area (Å²) < 4.78 is 1.70. The minimum Gasteiger partial charge on any atom is -0.354 e. The van der Waals surface area contributed by atoms with Crippen LogP contribution in [0, 0.1) is 11.8 Å². The van der Waals surface area contributed by atoms with E-state index in [0.717, 1.165) is 19.0 Å². The summed E-state index contributed by atoms with van der Waals surface area (Å²) in [6.07, 6.45) is 5.58. The number of piperidine rings is 1. The maximum absolute atomic E-state index is 12.5. The monoisotopic (exact) mass is 355 g/mol. The third-order valence-corrected chi connectivity index (χ3v) is 5.29. The van der Waals surface area contributed by atoms with Crippen LogP contribution in [0.1, 0.15) is 38.3 Å². The number of carbonyl (C=O) groups excluding carboxylic acids is 1. The van der Waals surface area contributed by atoms with Crippen molar-refractivity contribution in [3.8, 4) is 0 Å². The summed E-state index contributed by atoms with van der Waals surface area (Å²) in [5, 5.41) is 7.24. The van der Waals surface area contributed by atoms with Gasteiger partial charge in [-0.2, -0.15) is 5.10 Å². The predicted molar refractivity (Wildman–Crippen MR) is 101 cm³/mol. The largest absolute Gasteiger partial charge is 0.354 e. The topological polar surface area (TPSA) is 63.1 Å². The van der Waals surface area contributed by atoms with Crippen LogP contribution < -0.4 is 5.32 Å². The fourth-order valence-corrected chi connectivity index (χ4v) is 3.54. The number of hydrogen-bond acceptors (Lipinski definition) is 4. The van der Waals surface area contributed by atoms with E-state index in [4.69, 9.17) is 0 Å². The number of nitrogens with zero attached hydrogens (tertiary/aromatic N) is 4. The summed E-state index contributed by atoms with van der Waals surface area (Å²) in [5.74, 6) is 0.710. The average molecular weight is 355 g/mol. The highest BCUT2D eigenvalue weighted by atomic mass is 16.1. The molecule has 1 aromatic carbocycles. The Labute approximate surface area is 155 Å². The van der Waals surface area contributed by atoms with Crippen molar-refractivity contribution < 1.29 is 4.79 Å². The van der Waals surface area contributed by atoms with Gasteiger partial charge in [-0.05, 0) is 37.4 Å². The van der Waals surface area contributed by atoms with Gasteiger partial charge in [0.25, 0.3) is 0 Å². The van der Waals surface area contributed by atoms with Crippen LogP contribution >= 0.6 is 0 Å². The summed E-state index contributed by atoms with van der Waals surface area (Å²) >= 11 is 0. The van der Waals surface area contributed by atoms with Crippen LogP contribution in [0.4, 0.5) is 0 Å². The molecule has 1 N–H and O–H groups in total. The third-order valence-electron chi connectivity index (χ3n) is 5.29. The van der Waals surface area contributed by atoms with Gasteiger partial charge in [0, 0.05) is 6.54 Å². The van der Waals surface area contributed by atoms with E-state index in [1.807, 2.05) is 13.0 Å². The standard InChI is InChI=1S/C20H29N5O/c1-16-8-10-24(11-9-16)19(18-6-4-3-5-7-18)12-22-20(26)17(2)13-25-15-21-14-23-25/h3-7,14-17,19H,8-13H2,1-2H3,(H,22,26)/t17-,19+/m1/s1. The van der Waals surface area contributed by atoms with Gasteiger partial charge in [-0.3, -0.25) is 14.4 Å². The summed E-state index contributed by atoms with van der Waals surface area (Å²) in [4.78, 5) is 19.0. The maximum Gasteiger partial charge on any atom is 0.224 e. The minimum atomic E-state index is -0.144. The molecule has 0 aliphatic carbocycles. The zero-order chi connectivity index (χ0) is 18.4.